The molecule has 1 fully saturated rings. The fourth-order valence-electron chi connectivity index (χ4n) is 3.74. The molecule has 0 spiro atoms. The van der Waals surface area contributed by atoms with E-state index in [0.717, 1.165) is 42.8 Å². The monoisotopic (exact) mass is 396 g/mol. The van der Waals surface area contributed by atoms with Crippen LogP contribution >= 0.6 is 0 Å². The molecule has 1 atom stereocenters. The van der Waals surface area contributed by atoms with E-state index in [1.54, 1.807) is 12.1 Å². The maximum absolute atomic E-state index is 12.7. The molecule has 0 unspecified atom stereocenters. The van der Waals surface area contributed by atoms with Gasteiger partial charge in [-0.15, -0.1) is 0 Å². The van der Waals surface area contributed by atoms with Crippen LogP contribution in [0.1, 0.15) is 59.1 Å². The SMILES string of the molecule is Cc1ccc(C(=O)NCCC(=O)N2CCCn3nc([C@H](O)C4CC4)cc3C2)cc1. The third kappa shape index (κ3) is 4.67. The molecule has 0 saturated heterocycles. The highest BCUT2D eigenvalue weighted by Crippen LogP contribution is 2.40. The number of benzene rings is 1. The number of hydrogen-bond acceptors (Lipinski definition) is 4. The first kappa shape index (κ1) is 19.6. The lowest BCUT2D eigenvalue weighted by Crippen LogP contribution is -2.34. The average molecular weight is 396 g/mol. The van der Waals surface area contributed by atoms with Gasteiger partial charge in [-0.25, -0.2) is 0 Å². The van der Waals surface area contributed by atoms with E-state index < -0.39 is 6.10 Å². The molecule has 29 heavy (non-hydrogen) atoms. The number of rotatable bonds is 6. The standard InChI is InChI=1S/C22H28N4O3/c1-15-3-5-17(6-4-15)22(29)23-10-9-20(27)25-11-2-12-26-18(14-25)13-19(24-26)21(28)16-7-8-16/h3-6,13,16,21,28H,2,7-12,14H2,1H3,(H,23,29)/t21-/m1/s1. The highest BCUT2D eigenvalue weighted by atomic mass is 16.3. The molecule has 1 aromatic carbocycles. The Morgan fingerprint density at radius 3 is 2.72 bits per heavy atom. The van der Waals surface area contributed by atoms with Crippen LogP contribution in [0.3, 0.4) is 0 Å². The second kappa shape index (κ2) is 8.37. The van der Waals surface area contributed by atoms with Crippen molar-refractivity contribution < 1.29 is 14.7 Å². The number of aryl methyl sites for hydroxylation is 2. The van der Waals surface area contributed by atoms with E-state index in [9.17, 15) is 14.7 Å². The summed E-state index contributed by atoms with van der Waals surface area (Å²) in [6, 6.07) is 9.31. The second-order valence-corrected chi connectivity index (χ2v) is 8.11. The summed E-state index contributed by atoms with van der Waals surface area (Å²) >= 11 is 0. The van der Waals surface area contributed by atoms with E-state index in [2.05, 4.69) is 10.4 Å². The summed E-state index contributed by atoms with van der Waals surface area (Å²) in [5, 5.41) is 17.7. The van der Waals surface area contributed by atoms with E-state index >= 15 is 0 Å². The summed E-state index contributed by atoms with van der Waals surface area (Å²) in [6.07, 6.45) is 2.72. The Bertz CT molecular complexity index is 886. The number of hydrogen-bond donors (Lipinski definition) is 2. The van der Waals surface area contributed by atoms with Gasteiger partial charge in [0.1, 0.15) is 6.10 Å². The van der Waals surface area contributed by atoms with Gasteiger partial charge < -0.3 is 15.3 Å². The van der Waals surface area contributed by atoms with Crippen LogP contribution in [0, 0.1) is 12.8 Å². The maximum Gasteiger partial charge on any atom is 0.251 e. The van der Waals surface area contributed by atoms with Crippen molar-refractivity contribution in [3.05, 3.63) is 52.8 Å². The first-order valence-corrected chi connectivity index (χ1v) is 10.4. The van der Waals surface area contributed by atoms with Gasteiger partial charge in [-0.1, -0.05) is 17.7 Å². The Hall–Kier alpha value is -2.67. The number of nitrogens with zero attached hydrogens (tertiary/aromatic N) is 3. The van der Waals surface area contributed by atoms with Crippen molar-refractivity contribution >= 4 is 11.8 Å². The summed E-state index contributed by atoms with van der Waals surface area (Å²) in [4.78, 5) is 26.7. The number of carbonyl (C=O) groups is 2. The summed E-state index contributed by atoms with van der Waals surface area (Å²) in [5.74, 6) is 0.197. The van der Waals surface area contributed by atoms with Crippen LogP contribution in [0.15, 0.2) is 30.3 Å². The van der Waals surface area contributed by atoms with Gasteiger partial charge in [0.25, 0.3) is 5.91 Å². The van der Waals surface area contributed by atoms with Crippen LogP contribution in [0.2, 0.25) is 0 Å². The van der Waals surface area contributed by atoms with Crippen LogP contribution in [0.4, 0.5) is 0 Å². The van der Waals surface area contributed by atoms with Crippen molar-refractivity contribution in [2.45, 2.75) is 51.8 Å². The van der Waals surface area contributed by atoms with Gasteiger partial charge in [-0.05, 0) is 50.3 Å². The fraction of sp³-hybridized carbons (Fsp3) is 0.500. The lowest BCUT2D eigenvalue weighted by molar-refractivity contribution is -0.131. The van der Waals surface area contributed by atoms with Gasteiger partial charge in [-0.2, -0.15) is 5.10 Å². The third-order valence-electron chi connectivity index (χ3n) is 5.70. The van der Waals surface area contributed by atoms with Crippen LogP contribution in [0.25, 0.3) is 0 Å². The molecule has 0 radical (unpaired) electrons. The van der Waals surface area contributed by atoms with Crippen molar-refractivity contribution in [1.82, 2.24) is 20.0 Å². The smallest absolute Gasteiger partial charge is 0.251 e. The molecule has 2 amide bonds. The molecule has 2 heterocycles. The number of fused-ring (bicyclic) bond motifs is 1. The van der Waals surface area contributed by atoms with Crippen LogP contribution in [-0.4, -0.2) is 44.7 Å². The van der Waals surface area contributed by atoms with Crippen molar-refractivity contribution in [3.8, 4) is 0 Å². The lowest BCUT2D eigenvalue weighted by Gasteiger charge is -2.20. The van der Waals surface area contributed by atoms with Gasteiger partial charge in [0, 0.05) is 31.6 Å². The van der Waals surface area contributed by atoms with Crippen molar-refractivity contribution in [1.29, 1.82) is 0 Å². The molecule has 1 aromatic heterocycles. The van der Waals surface area contributed by atoms with Crippen molar-refractivity contribution in [2.24, 2.45) is 5.92 Å². The fourth-order valence-corrected chi connectivity index (χ4v) is 3.74. The zero-order valence-corrected chi connectivity index (χ0v) is 16.8. The topological polar surface area (TPSA) is 87.5 Å². The molecule has 1 aliphatic carbocycles. The summed E-state index contributed by atoms with van der Waals surface area (Å²) < 4.78 is 1.92. The van der Waals surface area contributed by atoms with Gasteiger partial charge in [-0.3, -0.25) is 14.3 Å². The summed E-state index contributed by atoms with van der Waals surface area (Å²) in [5.41, 5.74) is 3.39. The largest absolute Gasteiger partial charge is 0.386 e. The van der Waals surface area contributed by atoms with Crippen LogP contribution in [-0.2, 0) is 17.9 Å². The summed E-state index contributed by atoms with van der Waals surface area (Å²) in [7, 11) is 0. The van der Waals surface area contributed by atoms with E-state index in [1.165, 1.54) is 0 Å². The number of aliphatic hydroxyl groups excluding tert-OH is 1. The quantitative estimate of drug-likeness (QED) is 0.784. The van der Waals surface area contributed by atoms with Crippen LogP contribution < -0.4 is 5.32 Å². The van der Waals surface area contributed by atoms with Gasteiger partial charge >= 0.3 is 0 Å². The van der Waals surface area contributed by atoms with E-state index in [-0.39, 0.29) is 18.2 Å². The number of amides is 2. The van der Waals surface area contributed by atoms with E-state index in [4.69, 9.17) is 0 Å². The second-order valence-electron chi connectivity index (χ2n) is 8.11. The molecular weight excluding hydrogens is 368 g/mol. The number of carbonyl (C=O) groups excluding carboxylic acids is 2. The number of nitrogens with one attached hydrogen (secondary N) is 1. The molecule has 2 aliphatic rings. The number of aliphatic hydroxyl groups is 1. The van der Waals surface area contributed by atoms with Crippen molar-refractivity contribution in [3.63, 3.8) is 0 Å². The Morgan fingerprint density at radius 1 is 1.24 bits per heavy atom. The van der Waals surface area contributed by atoms with Gasteiger partial charge in [0.2, 0.25) is 5.91 Å². The average Bonchev–Trinajstić information content (AvgIpc) is 3.51. The first-order valence-electron chi connectivity index (χ1n) is 10.4. The molecule has 7 heteroatoms. The molecule has 4 rings (SSSR count). The van der Waals surface area contributed by atoms with E-state index in [1.807, 2.05) is 34.7 Å². The molecule has 1 aliphatic heterocycles. The minimum atomic E-state index is -0.490. The third-order valence-corrected chi connectivity index (χ3v) is 5.70. The Balaban J connectivity index is 1.30. The Kier molecular flexibility index (Phi) is 5.67. The number of aromatic nitrogens is 2. The minimum absolute atomic E-state index is 0.0214. The first-order chi connectivity index (χ1) is 14.0. The molecular formula is C22H28N4O3. The molecule has 2 N–H and O–H groups in total. The molecule has 0 bridgehead atoms. The van der Waals surface area contributed by atoms with Crippen molar-refractivity contribution in [2.75, 3.05) is 13.1 Å². The molecule has 7 nitrogen and oxygen atoms in total. The molecule has 2 aromatic rings. The maximum atomic E-state index is 12.7. The molecule has 1 saturated carbocycles. The Morgan fingerprint density at radius 2 is 2.00 bits per heavy atom. The predicted molar refractivity (Wildman–Crippen MR) is 108 cm³/mol. The predicted octanol–water partition coefficient (Wildman–Crippen LogP) is 2.19. The Labute approximate surface area is 170 Å². The minimum Gasteiger partial charge on any atom is -0.386 e. The highest BCUT2D eigenvalue weighted by Gasteiger charge is 2.33. The zero-order valence-electron chi connectivity index (χ0n) is 16.8. The van der Waals surface area contributed by atoms with Gasteiger partial charge in [0.15, 0.2) is 0 Å². The van der Waals surface area contributed by atoms with E-state index in [0.29, 0.717) is 31.1 Å². The normalized spacial score (nSPS) is 17.4. The highest BCUT2D eigenvalue weighted by molar-refractivity contribution is 5.94. The summed E-state index contributed by atoms with van der Waals surface area (Å²) in [6.45, 7) is 4.21. The molecule has 154 valence electrons. The lowest BCUT2D eigenvalue weighted by atomic mass is 10.1. The van der Waals surface area contributed by atoms with Gasteiger partial charge in [0.05, 0.1) is 17.9 Å². The zero-order chi connectivity index (χ0) is 20.4. The van der Waals surface area contributed by atoms with Crippen LogP contribution in [0.5, 0.6) is 0 Å².